The van der Waals surface area contributed by atoms with Crippen LogP contribution in [0.4, 0.5) is 11.4 Å². The van der Waals surface area contributed by atoms with Gasteiger partial charge in [0, 0.05) is 16.7 Å². The molecule has 9 nitrogen and oxygen atoms in total. The molecule has 0 unspecified atom stereocenters. The Balaban J connectivity index is 2.60. The van der Waals surface area contributed by atoms with Crippen LogP contribution in [0.25, 0.3) is 0 Å². The van der Waals surface area contributed by atoms with E-state index < -0.39 is 30.0 Å². The maximum Gasteiger partial charge on any atom is 0.294 e. The fourth-order valence-corrected chi connectivity index (χ4v) is 2.97. The Bertz CT molecular complexity index is 1070. The molecule has 0 atom stereocenters. The van der Waals surface area contributed by atoms with Gasteiger partial charge in [-0.3, -0.25) is 9.11 Å². The average Bonchev–Trinajstić information content (AvgIpc) is 2.47. The molecule has 2 rings (SSSR count). The number of hydrogen-bond acceptors (Lipinski definition) is 6. The van der Waals surface area contributed by atoms with E-state index in [-0.39, 0.29) is 16.2 Å². The maximum absolute atomic E-state index is 12.3. The van der Waals surface area contributed by atoms with Crippen molar-refractivity contribution in [1.29, 1.82) is 0 Å². The first-order valence-electron chi connectivity index (χ1n) is 6.75. The lowest BCUT2D eigenvalue weighted by atomic mass is 10.2. The second-order valence-electron chi connectivity index (χ2n) is 5.22. The van der Waals surface area contributed by atoms with Crippen LogP contribution in [0.2, 0.25) is 0 Å². The molecule has 0 aromatic heterocycles. The predicted octanol–water partition coefficient (Wildman–Crippen LogP) is 2.72. The predicted molar refractivity (Wildman–Crippen MR) is 87.4 cm³/mol. The molecular formula is C14H14N2O7S2. The number of hydrogen-bond donors (Lipinski definition) is 2. The molecule has 0 saturated heterocycles. The molecule has 11 heteroatoms. The first kappa shape index (κ1) is 19.0. The minimum atomic E-state index is -4.50. The van der Waals surface area contributed by atoms with E-state index in [2.05, 4.69) is 5.11 Å². The van der Waals surface area contributed by atoms with Crippen molar-refractivity contribution in [3.63, 3.8) is 0 Å². The molecule has 0 amide bonds. The molecule has 2 N–H and O–H groups in total. The third-order valence-corrected chi connectivity index (χ3v) is 5.06. The third-order valence-electron chi connectivity index (χ3n) is 3.36. The van der Waals surface area contributed by atoms with Crippen LogP contribution in [0.1, 0.15) is 11.1 Å². The van der Waals surface area contributed by atoms with Gasteiger partial charge in [-0.25, -0.2) is 0 Å². The van der Waals surface area contributed by atoms with Crippen molar-refractivity contribution >= 4 is 31.6 Å². The van der Waals surface area contributed by atoms with E-state index in [0.29, 0.717) is 11.1 Å². The van der Waals surface area contributed by atoms with Gasteiger partial charge in [0.05, 0.1) is 4.90 Å². The quantitative estimate of drug-likeness (QED) is 0.355. The third kappa shape index (κ3) is 4.39. The largest absolute Gasteiger partial charge is 0.594 e. The molecule has 0 saturated carbocycles. The van der Waals surface area contributed by atoms with Crippen molar-refractivity contribution in [3.8, 4) is 0 Å². The highest BCUT2D eigenvalue weighted by Gasteiger charge is 2.18. The van der Waals surface area contributed by atoms with Gasteiger partial charge in [0.2, 0.25) is 5.69 Å². The van der Waals surface area contributed by atoms with E-state index in [9.17, 15) is 22.0 Å². The maximum atomic E-state index is 12.3. The number of rotatable bonds is 4. The van der Waals surface area contributed by atoms with Gasteiger partial charge in [0.15, 0.2) is 0 Å². The molecule has 0 radical (unpaired) electrons. The topological polar surface area (TPSA) is 147 Å². The number of aryl methyl sites for hydroxylation is 2. The van der Waals surface area contributed by atoms with Crippen molar-refractivity contribution in [2.24, 2.45) is 5.11 Å². The highest BCUT2D eigenvalue weighted by atomic mass is 32.2. The van der Waals surface area contributed by atoms with Crippen LogP contribution in [0.15, 0.2) is 51.3 Å². The first-order chi connectivity index (χ1) is 11.4. The van der Waals surface area contributed by atoms with Gasteiger partial charge >= 0.3 is 0 Å². The second-order valence-corrected chi connectivity index (χ2v) is 8.06. The molecule has 2 aromatic rings. The normalized spacial score (nSPS) is 13.0. The summed E-state index contributed by atoms with van der Waals surface area (Å²) < 4.78 is 62.9. The van der Waals surface area contributed by atoms with E-state index >= 15 is 0 Å². The summed E-state index contributed by atoms with van der Waals surface area (Å²) in [5.41, 5.74) is 0.667. The molecule has 0 aliphatic rings. The smallest absolute Gasteiger partial charge is 0.294 e. The van der Waals surface area contributed by atoms with E-state index in [4.69, 9.17) is 9.11 Å². The Kier molecular flexibility index (Phi) is 4.95. The van der Waals surface area contributed by atoms with Gasteiger partial charge < -0.3 is 5.21 Å². The van der Waals surface area contributed by atoms with Gasteiger partial charge in [-0.2, -0.15) is 16.8 Å². The van der Waals surface area contributed by atoms with Crippen molar-refractivity contribution in [1.82, 2.24) is 0 Å². The molecule has 0 aliphatic carbocycles. The number of benzene rings is 2. The van der Waals surface area contributed by atoms with Crippen LogP contribution in [0.3, 0.4) is 0 Å². The summed E-state index contributed by atoms with van der Waals surface area (Å²) in [6, 6.07) is 6.92. The molecule has 0 aliphatic heterocycles. The molecule has 0 bridgehead atoms. The van der Waals surface area contributed by atoms with Crippen LogP contribution in [0, 0.1) is 19.1 Å². The molecule has 0 spiro atoms. The summed E-state index contributed by atoms with van der Waals surface area (Å²) in [5.74, 6) is 0. The highest BCUT2D eigenvalue weighted by Crippen LogP contribution is 2.27. The zero-order valence-corrected chi connectivity index (χ0v) is 14.7. The van der Waals surface area contributed by atoms with E-state index in [1.807, 2.05) is 0 Å². The summed E-state index contributed by atoms with van der Waals surface area (Å²) in [6.45, 7) is 3.10. The monoisotopic (exact) mass is 386 g/mol. The van der Waals surface area contributed by atoms with Crippen molar-refractivity contribution in [2.75, 3.05) is 0 Å². The summed E-state index contributed by atoms with van der Waals surface area (Å²) in [5, 5.41) is 16.0. The van der Waals surface area contributed by atoms with Gasteiger partial charge in [0.25, 0.3) is 20.2 Å². The summed E-state index contributed by atoms with van der Waals surface area (Å²) in [4.78, 5) is -0.804. The Morgan fingerprint density at radius 3 is 1.88 bits per heavy atom. The average molecular weight is 386 g/mol. The van der Waals surface area contributed by atoms with Crippen LogP contribution < -0.4 is 0 Å². The van der Waals surface area contributed by atoms with E-state index in [1.54, 1.807) is 6.92 Å². The van der Waals surface area contributed by atoms with Gasteiger partial charge in [-0.15, -0.1) is 0 Å². The van der Waals surface area contributed by atoms with Crippen LogP contribution in [-0.4, -0.2) is 30.8 Å². The van der Waals surface area contributed by atoms with Crippen molar-refractivity contribution in [2.45, 2.75) is 23.6 Å². The zero-order valence-electron chi connectivity index (χ0n) is 13.1. The Morgan fingerprint density at radius 2 is 1.36 bits per heavy atom. The van der Waals surface area contributed by atoms with Crippen LogP contribution in [-0.2, 0) is 20.2 Å². The van der Waals surface area contributed by atoms with E-state index in [1.165, 1.54) is 19.1 Å². The fourth-order valence-electron chi connectivity index (χ4n) is 1.96. The van der Waals surface area contributed by atoms with Crippen molar-refractivity contribution < 1.29 is 30.8 Å². The SMILES string of the molecule is Cc1ccc(S(=O)(=O)O)cc1N=[N+]([O-])c1cc(S(=O)(=O)O)ccc1C. The fraction of sp³-hybridized carbons (Fsp3) is 0.143. The van der Waals surface area contributed by atoms with Crippen LogP contribution >= 0.6 is 0 Å². The Labute approximate surface area is 144 Å². The van der Waals surface area contributed by atoms with Crippen LogP contribution in [0.5, 0.6) is 0 Å². The lowest BCUT2D eigenvalue weighted by Gasteiger charge is -2.06. The Hall–Kier alpha value is -2.34. The molecule has 2 aromatic carbocycles. The first-order valence-corrected chi connectivity index (χ1v) is 9.63. The molecule has 134 valence electrons. The number of nitrogens with zero attached hydrogens (tertiary/aromatic N) is 2. The minimum Gasteiger partial charge on any atom is -0.594 e. The lowest BCUT2D eigenvalue weighted by Crippen LogP contribution is -2.01. The lowest BCUT2D eigenvalue weighted by molar-refractivity contribution is -0.436. The molecule has 0 heterocycles. The molecular weight excluding hydrogens is 372 g/mol. The Morgan fingerprint density at radius 1 is 0.880 bits per heavy atom. The van der Waals surface area contributed by atoms with Gasteiger partial charge in [-0.05, 0) is 42.5 Å². The minimum absolute atomic E-state index is 0.0261. The van der Waals surface area contributed by atoms with Gasteiger partial charge in [-0.1, -0.05) is 12.1 Å². The summed E-state index contributed by atoms with van der Waals surface area (Å²) >= 11 is 0. The molecule has 0 fully saturated rings. The number of azo groups is 1. The summed E-state index contributed by atoms with van der Waals surface area (Å²) in [7, 11) is -8.97. The summed E-state index contributed by atoms with van der Waals surface area (Å²) in [6.07, 6.45) is 0. The van der Waals surface area contributed by atoms with Crippen molar-refractivity contribution in [3.05, 3.63) is 52.7 Å². The zero-order chi connectivity index (χ0) is 19.0. The van der Waals surface area contributed by atoms with Gasteiger partial charge in [0.1, 0.15) is 10.6 Å². The standard InChI is InChI=1S/C14H14N2O7S2/c1-9-3-5-11(24(18,19)20)7-13(9)15-16(17)14-8-12(25(21,22)23)6-4-10(14)2/h3-8H,1-2H3,(H,18,19,20)(H,21,22,23). The van der Waals surface area contributed by atoms with E-state index in [0.717, 1.165) is 24.3 Å². The second kappa shape index (κ2) is 6.52. The molecule has 25 heavy (non-hydrogen) atoms. The highest BCUT2D eigenvalue weighted by molar-refractivity contribution is 7.86.